The standard InChI is InChI=1S/C15H21N3/c1-3-11(10-16)15-17-13(4-2)14(18-15)12-8-6-5-7-9-12/h5-9,11H,3-4,10,16H2,1-2H3,(H,17,18). The van der Waals surface area contributed by atoms with E-state index in [9.17, 15) is 0 Å². The minimum Gasteiger partial charge on any atom is -0.345 e. The van der Waals surface area contributed by atoms with E-state index in [1.165, 1.54) is 11.3 Å². The summed E-state index contributed by atoms with van der Waals surface area (Å²) in [6, 6.07) is 10.3. The van der Waals surface area contributed by atoms with Gasteiger partial charge >= 0.3 is 0 Å². The van der Waals surface area contributed by atoms with Crippen molar-refractivity contribution in [3.05, 3.63) is 41.9 Å². The summed E-state index contributed by atoms with van der Waals surface area (Å²) in [5, 5.41) is 0. The molecule has 0 radical (unpaired) electrons. The molecule has 0 spiro atoms. The van der Waals surface area contributed by atoms with Crippen LogP contribution < -0.4 is 5.73 Å². The van der Waals surface area contributed by atoms with Crippen LogP contribution in [0.5, 0.6) is 0 Å². The summed E-state index contributed by atoms with van der Waals surface area (Å²) in [5.41, 5.74) is 9.23. The predicted octanol–water partition coefficient (Wildman–Crippen LogP) is 3.09. The molecule has 1 aromatic carbocycles. The van der Waals surface area contributed by atoms with Crippen molar-refractivity contribution in [1.82, 2.24) is 9.97 Å². The van der Waals surface area contributed by atoms with Gasteiger partial charge in [0.15, 0.2) is 0 Å². The van der Waals surface area contributed by atoms with E-state index in [2.05, 4.69) is 31.0 Å². The molecule has 1 heterocycles. The second-order valence-electron chi connectivity index (χ2n) is 4.51. The molecule has 1 aromatic heterocycles. The van der Waals surface area contributed by atoms with Crippen LogP contribution in [0.2, 0.25) is 0 Å². The van der Waals surface area contributed by atoms with Gasteiger partial charge in [0.25, 0.3) is 0 Å². The van der Waals surface area contributed by atoms with Crippen LogP contribution in [0.3, 0.4) is 0 Å². The first-order chi connectivity index (χ1) is 8.80. The molecule has 0 aliphatic rings. The maximum absolute atomic E-state index is 5.79. The van der Waals surface area contributed by atoms with E-state index < -0.39 is 0 Å². The molecule has 3 nitrogen and oxygen atoms in total. The summed E-state index contributed by atoms with van der Waals surface area (Å²) < 4.78 is 0. The third kappa shape index (κ3) is 2.46. The zero-order chi connectivity index (χ0) is 13.0. The second-order valence-corrected chi connectivity index (χ2v) is 4.51. The van der Waals surface area contributed by atoms with E-state index in [1.807, 2.05) is 18.2 Å². The summed E-state index contributed by atoms with van der Waals surface area (Å²) in [7, 11) is 0. The Kier molecular flexibility index (Phi) is 4.15. The van der Waals surface area contributed by atoms with Crippen molar-refractivity contribution in [2.24, 2.45) is 5.73 Å². The number of imidazole rings is 1. The van der Waals surface area contributed by atoms with E-state index in [1.54, 1.807) is 0 Å². The van der Waals surface area contributed by atoms with Gasteiger partial charge in [-0.15, -0.1) is 0 Å². The van der Waals surface area contributed by atoms with Gasteiger partial charge in [-0.05, 0) is 12.8 Å². The molecule has 3 N–H and O–H groups in total. The molecule has 1 atom stereocenters. The molecule has 0 saturated heterocycles. The van der Waals surface area contributed by atoms with Gasteiger partial charge in [-0.25, -0.2) is 4.98 Å². The fraction of sp³-hybridized carbons (Fsp3) is 0.400. The topological polar surface area (TPSA) is 54.7 Å². The first-order valence-electron chi connectivity index (χ1n) is 6.64. The molecule has 0 aliphatic carbocycles. The molecule has 2 rings (SSSR count). The zero-order valence-corrected chi connectivity index (χ0v) is 11.1. The Balaban J connectivity index is 2.42. The van der Waals surface area contributed by atoms with Crippen LogP contribution in [-0.2, 0) is 6.42 Å². The molecule has 0 saturated carbocycles. The first kappa shape index (κ1) is 12.8. The number of benzene rings is 1. The van der Waals surface area contributed by atoms with Crippen molar-refractivity contribution in [3.63, 3.8) is 0 Å². The van der Waals surface area contributed by atoms with Gasteiger partial charge in [0.2, 0.25) is 0 Å². The van der Waals surface area contributed by atoms with E-state index in [0.29, 0.717) is 12.5 Å². The average Bonchev–Trinajstić information content (AvgIpc) is 2.85. The number of H-pyrrole nitrogens is 1. The Morgan fingerprint density at radius 2 is 1.94 bits per heavy atom. The molecule has 2 aromatic rings. The maximum Gasteiger partial charge on any atom is 0.111 e. The average molecular weight is 243 g/mol. The number of aromatic nitrogens is 2. The normalized spacial score (nSPS) is 12.6. The Bertz CT molecular complexity index is 484. The van der Waals surface area contributed by atoms with Gasteiger partial charge in [-0.1, -0.05) is 44.2 Å². The van der Waals surface area contributed by atoms with Gasteiger partial charge < -0.3 is 10.7 Å². The number of nitrogens with zero attached hydrogens (tertiary/aromatic N) is 1. The molecule has 3 heteroatoms. The highest BCUT2D eigenvalue weighted by atomic mass is 14.9. The molecule has 1 unspecified atom stereocenters. The highest BCUT2D eigenvalue weighted by Crippen LogP contribution is 2.25. The smallest absolute Gasteiger partial charge is 0.111 e. The number of nitrogens with one attached hydrogen (secondary N) is 1. The Morgan fingerprint density at radius 1 is 1.22 bits per heavy atom. The van der Waals surface area contributed by atoms with Crippen molar-refractivity contribution in [2.45, 2.75) is 32.6 Å². The number of aryl methyl sites for hydroxylation is 1. The number of rotatable bonds is 5. The summed E-state index contributed by atoms with van der Waals surface area (Å²) in [4.78, 5) is 8.20. The van der Waals surface area contributed by atoms with Gasteiger partial charge in [-0.3, -0.25) is 0 Å². The lowest BCUT2D eigenvalue weighted by Crippen LogP contribution is -2.12. The van der Waals surface area contributed by atoms with Crippen LogP contribution >= 0.6 is 0 Å². The molecular weight excluding hydrogens is 222 g/mol. The highest BCUT2D eigenvalue weighted by Gasteiger charge is 2.16. The summed E-state index contributed by atoms with van der Waals surface area (Å²) in [6.07, 6.45) is 1.97. The molecule has 0 aliphatic heterocycles. The first-order valence-corrected chi connectivity index (χ1v) is 6.64. The Labute approximate surface area is 108 Å². The van der Waals surface area contributed by atoms with Gasteiger partial charge in [0, 0.05) is 23.7 Å². The summed E-state index contributed by atoms with van der Waals surface area (Å²) in [6.45, 7) is 4.93. The second kappa shape index (κ2) is 5.83. The highest BCUT2D eigenvalue weighted by molar-refractivity contribution is 5.62. The molecule has 0 bridgehead atoms. The molecular formula is C15H21N3. The SMILES string of the molecule is CCc1[nH]c(C(CC)CN)nc1-c1ccccc1. The minimum atomic E-state index is 0.327. The summed E-state index contributed by atoms with van der Waals surface area (Å²) in [5.74, 6) is 1.35. The van der Waals surface area contributed by atoms with Crippen molar-refractivity contribution in [2.75, 3.05) is 6.54 Å². The lowest BCUT2D eigenvalue weighted by Gasteiger charge is -2.07. The molecule has 96 valence electrons. The fourth-order valence-corrected chi connectivity index (χ4v) is 2.19. The van der Waals surface area contributed by atoms with Crippen molar-refractivity contribution in [1.29, 1.82) is 0 Å². The number of aromatic amines is 1. The lowest BCUT2D eigenvalue weighted by molar-refractivity contribution is 0.637. The van der Waals surface area contributed by atoms with Crippen LogP contribution in [0, 0.1) is 0 Å². The summed E-state index contributed by atoms with van der Waals surface area (Å²) >= 11 is 0. The van der Waals surface area contributed by atoms with Crippen molar-refractivity contribution < 1.29 is 0 Å². The van der Waals surface area contributed by atoms with Crippen LogP contribution in [0.4, 0.5) is 0 Å². The van der Waals surface area contributed by atoms with Crippen LogP contribution in [0.25, 0.3) is 11.3 Å². The predicted molar refractivity (Wildman–Crippen MR) is 75.5 cm³/mol. The molecule has 0 fully saturated rings. The van der Waals surface area contributed by atoms with Crippen LogP contribution in [0.1, 0.15) is 37.7 Å². The van der Waals surface area contributed by atoms with E-state index in [4.69, 9.17) is 10.7 Å². The van der Waals surface area contributed by atoms with Crippen molar-refractivity contribution in [3.8, 4) is 11.3 Å². The molecule has 0 amide bonds. The van der Waals surface area contributed by atoms with Crippen LogP contribution in [0.15, 0.2) is 30.3 Å². The Morgan fingerprint density at radius 3 is 2.50 bits per heavy atom. The zero-order valence-electron chi connectivity index (χ0n) is 11.1. The lowest BCUT2D eigenvalue weighted by atomic mass is 10.1. The maximum atomic E-state index is 5.79. The number of nitrogens with two attached hydrogens (primary N) is 1. The molecule has 18 heavy (non-hydrogen) atoms. The van der Waals surface area contributed by atoms with E-state index in [-0.39, 0.29) is 0 Å². The minimum absolute atomic E-state index is 0.327. The fourth-order valence-electron chi connectivity index (χ4n) is 2.19. The monoisotopic (exact) mass is 243 g/mol. The van der Waals surface area contributed by atoms with Crippen LogP contribution in [-0.4, -0.2) is 16.5 Å². The third-order valence-electron chi connectivity index (χ3n) is 3.36. The number of hydrogen-bond donors (Lipinski definition) is 2. The van der Waals surface area contributed by atoms with E-state index in [0.717, 1.165) is 24.4 Å². The van der Waals surface area contributed by atoms with Gasteiger partial charge in [-0.2, -0.15) is 0 Å². The largest absolute Gasteiger partial charge is 0.345 e. The van der Waals surface area contributed by atoms with Gasteiger partial charge in [0.05, 0.1) is 5.69 Å². The van der Waals surface area contributed by atoms with E-state index >= 15 is 0 Å². The van der Waals surface area contributed by atoms with Crippen molar-refractivity contribution >= 4 is 0 Å². The third-order valence-corrected chi connectivity index (χ3v) is 3.36. The quantitative estimate of drug-likeness (QED) is 0.847. The number of hydrogen-bond acceptors (Lipinski definition) is 2. The Hall–Kier alpha value is -1.61. The van der Waals surface area contributed by atoms with Gasteiger partial charge in [0.1, 0.15) is 5.82 Å².